The van der Waals surface area contributed by atoms with Gasteiger partial charge in [0.05, 0.1) is 6.61 Å². The summed E-state index contributed by atoms with van der Waals surface area (Å²) >= 11 is 0. The smallest absolute Gasteiger partial charge is 0.262 e. The van der Waals surface area contributed by atoms with E-state index in [1.165, 1.54) is 0 Å². The molecule has 0 unspecified atom stereocenters. The summed E-state index contributed by atoms with van der Waals surface area (Å²) in [5.74, 6) is 0. The molecule has 1 N–H and O–H groups in total. The van der Waals surface area contributed by atoms with Crippen molar-refractivity contribution in [1.82, 2.24) is 0 Å². The summed E-state index contributed by atoms with van der Waals surface area (Å²) in [4.78, 5) is 4.21. The zero-order valence-electron chi connectivity index (χ0n) is 7.02. The van der Waals surface area contributed by atoms with Gasteiger partial charge in [-0.1, -0.05) is 30.5 Å². The van der Waals surface area contributed by atoms with Gasteiger partial charge in [0.25, 0.3) is 0 Å². The van der Waals surface area contributed by atoms with Crippen LogP contribution in [-0.4, -0.2) is 19.6 Å². The standard InChI is InChI=1S/C6H14O5S/c1-2-3-4-5-6-10-11-12(7,8)9/h2-6H2,1H3,(H,7,8,9). The van der Waals surface area contributed by atoms with Gasteiger partial charge < -0.3 is 0 Å². The van der Waals surface area contributed by atoms with E-state index in [0.717, 1.165) is 25.7 Å². The molecule has 0 heterocycles. The van der Waals surface area contributed by atoms with E-state index in [0.29, 0.717) is 0 Å². The average molecular weight is 198 g/mol. The SMILES string of the molecule is CCCCCCOOS(=O)(=O)O. The highest BCUT2D eigenvalue weighted by atomic mass is 32.3. The second kappa shape index (κ2) is 6.36. The Bertz CT molecular complexity index is 186. The second-order valence-electron chi connectivity index (χ2n) is 2.38. The minimum atomic E-state index is -4.44. The zero-order chi connectivity index (χ0) is 9.45. The van der Waals surface area contributed by atoms with Crippen LogP contribution in [0.25, 0.3) is 0 Å². The monoisotopic (exact) mass is 198 g/mol. The van der Waals surface area contributed by atoms with Crippen LogP contribution in [0.3, 0.4) is 0 Å². The molecule has 0 aromatic rings. The van der Waals surface area contributed by atoms with Crippen LogP contribution in [-0.2, 0) is 19.6 Å². The first-order chi connectivity index (χ1) is 5.56. The molecule has 5 nitrogen and oxygen atoms in total. The Balaban J connectivity index is 3.12. The van der Waals surface area contributed by atoms with Crippen LogP contribution in [0, 0.1) is 0 Å². The van der Waals surface area contributed by atoms with Crippen molar-refractivity contribution in [3.05, 3.63) is 0 Å². The predicted octanol–water partition coefficient (Wildman–Crippen LogP) is 1.32. The number of hydrogen-bond acceptors (Lipinski definition) is 4. The molecule has 6 heteroatoms. The van der Waals surface area contributed by atoms with Crippen molar-refractivity contribution >= 4 is 10.4 Å². The van der Waals surface area contributed by atoms with Gasteiger partial charge in [-0.05, 0) is 6.42 Å². The molecule has 0 aliphatic heterocycles. The number of unbranched alkanes of at least 4 members (excludes halogenated alkanes) is 3. The molecule has 0 aromatic carbocycles. The average Bonchev–Trinajstić information content (AvgIpc) is 1.94. The maximum Gasteiger partial charge on any atom is 0.424 e. The summed E-state index contributed by atoms with van der Waals surface area (Å²) in [6.07, 6.45) is 3.86. The van der Waals surface area contributed by atoms with Crippen molar-refractivity contribution in [3.63, 3.8) is 0 Å². The second-order valence-corrected chi connectivity index (χ2v) is 3.37. The molecule has 0 bridgehead atoms. The summed E-state index contributed by atoms with van der Waals surface area (Å²) < 4.78 is 31.5. The normalized spacial score (nSPS) is 11.8. The first-order valence-corrected chi connectivity index (χ1v) is 5.21. The molecule has 0 atom stereocenters. The Morgan fingerprint density at radius 3 is 2.42 bits per heavy atom. The minimum Gasteiger partial charge on any atom is -0.262 e. The Morgan fingerprint density at radius 1 is 1.25 bits per heavy atom. The molecule has 0 spiro atoms. The Hall–Kier alpha value is -0.170. The van der Waals surface area contributed by atoms with Gasteiger partial charge in [-0.3, -0.25) is 4.55 Å². The van der Waals surface area contributed by atoms with Crippen molar-refractivity contribution in [1.29, 1.82) is 0 Å². The zero-order valence-corrected chi connectivity index (χ0v) is 7.84. The molecule has 0 saturated carbocycles. The molecule has 0 aliphatic rings. The van der Waals surface area contributed by atoms with Gasteiger partial charge in [0.2, 0.25) is 0 Å². The molecule has 0 aliphatic carbocycles. The third-order valence-electron chi connectivity index (χ3n) is 1.22. The lowest BCUT2D eigenvalue weighted by molar-refractivity contribution is -0.208. The lowest BCUT2D eigenvalue weighted by Crippen LogP contribution is -2.05. The van der Waals surface area contributed by atoms with Gasteiger partial charge in [0, 0.05) is 0 Å². The lowest BCUT2D eigenvalue weighted by atomic mass is 10.2. The Kier molecular flexibility index (Phi) is 6.27. The van der Waals surface area contributed by atoms with E-state index in [1.807, 2.05) is 0 Å². The summed E-state index contributed by atoms with van der Waals surface area (Å²) in [7, 11) is -4.44. The summed E-state index contributed by atoms with van der Waals surface area (Å²) in [6, 6.07) is 0. The van der Waals surface area contributed by atoms with Gasteiger partial charge in [0.15, 0.2) is 0 Å². The summed E-state index contributed by atoms with van der Waals surface area (Å²) in [5.41, 5.74) is 0. The van der Waals surface area contributed by atoms with E-state index >= 15 is 0 Å². The number of hydrogen-bond donors (Lipinski definition) is 1. The molecule has 0 radical (unpaired) electrons. The summed E-state index contributed by atoms with van der Waals surface area (Å²) in [6.45, 7) is 2.25. The third kappa shape index (κ3) is 9.83. The van der Waals surface area contributed by atoms with Crippen LogP contribution < -0.4 is 0 Å². The maximum atomic E-state index is 9.93. The minimum absolute atomic E-state index is 0.180. The van der Waals surface area contributed by atoms with Crippen LogP contribution >= 0.6 is 0 Å². The molecule has 0 amide bonds. The Morgan fingerprint density at radius 2 is 1.92 bits per heavy atom. The van der Waals surface area contributed by atoms with Gasteiger partial charge in [0.1, 0.15) is 0 Å². The molecule has 0 aromatic heterocycles. The van der Waals surface area contributed by atoms with Crippen molar-refractivity contribution in [2.24, 2.45) is 0 Å². The quantitative estimate of drug-likeness (QED) is 0.289. The van der Waals surface area contributed by atoms with Crippen LogP contribution in [0.5, 0.6) is 0 Å². The maximum absolute atomic E-state index is 9.93. The van der Waals surface area contributed by atoms with Crippen molar-refractivity contribution in [2.45, 2.75) is 32.6 Å². The van der Waals surface area contributed by atoms with E-state index in [-0.39, 0.29) is 6.61 Å². The molecular formula is C6H14O5S. The first kappa shape index (κ1) is 11.8. The highest BCUT2D eigenvalue weighted by Crippen LogP contribution is 1.99. The van der Waals surface area contributed by atoms with Gasteiger partial charge in [-0.25, -0.2) is 4.89 Å². The van der Waals surface area contributed by atoms with Gasteiger partial charge in [-0.15, -0.1) is 0 Å². The lowest BCUT2D eigenvalue weighted by Gasteiger charge is -1.99. The van der Waals surface area contributed by atoms with Crippen LogP contribution in [0.1, 0.15) is 32.6 Å². The van der Waals surface area contributed by atoms with E-state index in [2.05, 4.69) is 16.1 Å². The van der Waals surface area contributed by atoms with E-state index in [4.69, 9.17) is 4.55 Å². The molecule has 12 heavy (non-hydrogen) atoms. The molecular weight excluding hydrogens is 184 g/mol. The van der Waals surface area contributed by atoms with Crippen LogP contribution in [0.4, 0.5) is 0 Å². The molecule has 74 valence electrons. The van der Waals surface area contributed by atoms with Crippen LogP contribution in [0.15, 0.2) is 0 Å². The number of rotatable bonds is 7. The topological polar surface area (TPSA) is 72.8 Å². The van der Waals surface area contributed by atoms with E-state index in [9.17, 15) is 8.42 Å². The first-order valence-electron chi connectivity index (χ1n) is 3.85. The molecule has 0 rings (SSSR count). The Labute approximate surface area is 72.6 Å². The van der Waals surface area contributed by atoms with Gasteiger partial charge in [-0.2, -0.15) is 8.42 Å². The van der Waals surface area contributed by atoms with E-state index < -0.39 is 10.4 Å². The van der Waals surface area contributed by atoms with E-state index in [1.54, 1.807) is 0 Å². The van der Waals surface area contributed by atoms with Crippen molar-refractivity contribution < 1.29 is 22.2 Å². The van der Waals surface area contributed by atoms with Gasteiger partial charge >= 0.3 is 10.4 Å². The molecule has 0 fully saturated rings. The summed E-state index contributed by atoms with van der Waals surface area (Å²) in [5, 5.41) is 0. The fraction of sp³-hybridized carbons (Fsp3) is 1.00. The largest absolute Gasteiger partial charge is 0.424 e. The highest BCUT2D eigenvalue weighted by Gasteiger charge is 2.03. The fourth-order valence-electron chi connectivity index (χ4n) is 0.683. The predicted molar refractivity (Wildman–Crippen MR) is 42.7 cm³/mol. The third-order valence-corrected chi connectivity index (χ3v) is 1.48. The highest BCUT2D eigenvalue weighted by molar-refractivity contribution is 7.80. The fourth-order valence-corrected chi connectivity index (χ4v) is 0.872. The van der Waals surface area contributed by atoms with Crippen molar-refractivity contribution in [2.75, 3.05) is 6.61 Å². The molecule has 0 saturated heterocycles. The van der Waals surface area contributed by atoms with Crippen LogP contribution in [0.2, 0.25) is 0 Å². The van der Waals surface area contributed by atoms with Crippen molar-refractivity contribution in [3.8, 4) is 0 Å².